The Labute approximate surface area is 153 Å². The second-order valence-electron chi connectivity index (χ2n) is 6.60. The lowest BCUT2D eigenvalue weighted by atomic mass is 10.1. The normalized spacial score (nSPS) is 16.3. The summed E-state index contributed by atoms with van der Waals surface area (Å²) in [5.74, 6) is -0.347. The fourth-order valence-electron chi connectivity index (χ4n) is 2.98. The summed E-state index contributed by atoms with van der Waals surface area (Å²) in [5.41, 5.74) is 3.08. The second kappa shape index (κ2) is 8.63. The molecule has 5 nitrogen and oxygen atoms in total. The minimum absolute atomic E-state index is 0.0854. The van der Waals surface area contributed by atoms with Crippen molar-refractivity contribution in [2.45, 2.75) is 32.3 Å². The number of carbonyl (C=O) groups excluding carboxylic acids is 2. The molecule has 2 N–H and O–H groups in total. The van der Waals surface area contributed by atoms with Gasteiger partial charge in [-0.3, -0.25) is 9.59 Å². The zero-order chi connectivity index (χ0) is 18.4. The van der Waals surface area contributed by atoms with Crippen LogP contribution in [0.4, 0.5) is 5.69 Å². The minimum Gasteiger partial charge on any atom is -0.376 e. The van der Waals surface area contributed by atoms with E-state index in [2.05, 4.69) is 10.6 Å². The van der Waals surface area contributed by atoms with Gasteiger partial charge in [0.25, 0.3) is 5.91 Å². The van der Waals surface area contributed by atoms with Crippen molar-refractivity contribution in [1.82, 2.24) is 5.32 Å². The van der Waals surface area contributed by atoms with Gasteiger partial charge < -0.3 is 15.4 Å². The van der Waals surface area contributed by atoms with Crippen LogP contribution in [0, 0.1) is 6.92 Å². The molecule has 2 aromatic rings. The molecule has 136 valence electrons. The number of rotatable bonds is 6. The summed E-state index contributed by atoms with van der Waals surface area (Å²) in [5, 5.41) is 5.75. The van der Waals surface area contributed by atoms with E-state index in [1.807, 2.05) is 31.2 Å². The highest BCUT2D eigenvalue weighted by Crippen LogP contribution is 2.17. The Morgan fingerprint density at radius 3 is 2.62 bits per heavy atom. The lowest BCUT2D eigenvalue weighted by molar-refractivity contribution is -0.115. The van der Waals surface area contributed by atoms with Crippen molar-refractivity contribution in [3.8, 4) is 0 Å². The minimum atomic E-state index is -0.202. The average Bonchev–Trinajstić information content (AvgIpc) is 3.16. The predicted octanol–water partition coefficient (Wildman–Crippen LogP) is 3.09. The molecule has 3 rings (SSSR count). The van der Waals surface area contributed by atoms with Gasteiger partial charge in [0.15, 0.2) is 0 Å². The van der Waals surface area contributed by atoms with Crippen LogP contribution in [0.2, 0.25) is 0 Å². The molecule has 0 radical (unpaired) electrons. The van der Waals surface area contributed by atoms with E-state index in [4.69, 9.17) is 4.74 Å². The number of para-hydroxylation sites is 1. The van der Waals surface area contributed by atoms with Crippen molar-refractivity contribution in [2.75, 3.05) is 18.5 Å². The number of aryl methyl sites for hydroxylation is 1. The Kier molecular flexibility index (Phi) is 6.02. The van der Waals surface area contributed by atoms with Crippen molar-refractivity contribution in [2.24, 2.45) is 0 Å². The Hall–Kier alpha value is -2.66. The van der Waals surface area contributed by atoms with Gasteiger partial charge in [0.2, 0.25) is 5.91 Å². The Morgan fingerprint density at radius 2 is 1.88 bits per heavy atom. The number of nitrogens with one attached hydrogen (secondary N) is 2. The van der Waals surface area contributed by atoms with Gasteiger partial charge >= 0.3 is 0 Å². The highest BCUT2D eigenvalue weighted by Gasteiger charge is 2.18. The number of ether oxygens (including phenoxy) is 1. The molecule has 5 heteroatoms. The van der Waals surface area contributed by atoms with Gasteiger partial charge in [0.05, 0.1) is 23.8 Å². The third-order valence-electron chi connectivity index (χ3n) is 4.45. The first-order valence-electron chi connectivity index (χ1n) is 8.96. The summed E-state index contributed by atoms with van der Waals surface area (Å²) in [4.78, 5) is 24.8. The van der Waals surface area contributed by atoms with Crippen LogP contribution in [-0.4, -0.2) is 31.1 Å². The van der Waals surface area contributed by atoms with Gasteiger partial charge in [-0.1, -0.05) is 42.0 Å². The zero-order valence-corrected chi connectivity index (χ0v) is 15.0. The number of benzene rings is 2. The van der Waals surface area contributed by atoms with Crippen LogP contribution in [0.5, 0.6) is 0 Å². The Balaban J connectivity index is 1.61. The number of carbonyl (C=O) groups is 2. The van der Waals surface area contributed by atoms with Gasteiger partial charge in [-0.15, -0.1) is 0 Å². The predicted molar refractivity (Wildman–Crippen MR) is 101 cm³/mol. The standard InChI is InChI=1S/C21H24N2O3/c1-15-8-10-16(11-9-15)13-20(24)23-19-7-3-2-6-18(19)21(25)22-14-17-5-4-12-26-17/h2-3,6-11,17H,4-5,12-14H2,1H3,(H,22,25)(H,23,24)/t17-/m0/s1. The quantitative estimate of drug-likeness (QED) is 0.839. The topological polar surface area (TPSA) is 67.4 Å². The molecule has 1 atom stereocenters. The van der Waals surface area contributed by atoms with Crippen LogP contribution in [0.1, 0.15) is 34.3 Å². The maximum atomic E-state index is 12.5. The van der Waals surface area contributed by atoms with Crippen LogP contribution in [0.3, 0.4) is 0 Å². The van der Waals surface area contributed by atoms with Gasteiger partial charge in [0.1, 0.15) is 0 Å². The van der Waals surface area contributed by atoms with E-state index in [0.29, 0.717) is 17.8 Å². The molecule has 1 aliphatic heterocycles. The molecule has 2 aromatic carbocycles. The fourth-order valence-corrected chi connectivity index (χ4v) is 2.98. The van der Waals surface area contributed by atoms with Crippen molar-refractivity contribution in [3.05, 3.63) is 65.2 Å². The molecule has 2 amide bonds. The van der Waals surface area contributed by atoms with Gasteiger partial charge in [0, 0.05) is 13.2 Å². The van der Waals surface area contributed by atoms with Crippen molar-refractivity contribution >= 4 is 17.5 Å². The van der Waals surface area contributed by atoms with E-state index in [1.54, 1.807) is 24.3 Å². The van der Waals surface area contributed by atoms with E-state index < -0.39 is 0 Å². The molecular weight excluding hydrogens is 328 g/mol. The zero-order valence-electron chi connectivity index (χ0n) is 15.0. The molecule has 0 aromatic heterocycles. The van der Waals surface area contributed by atoms with E-state index in [1.165, 1.54) is 0 Å². The summed E-state index contributed by atoms with van der Waals surface area (Å²) < 4.78 is 5.52. The maximum Gasteiger partial charge on any atom is 0.253 e. The van der Waals surface area contributed by atoms with E-state index in [9.17, 15) is 9.59 Å². The lowest BCUT2D eigenvalue weighted by Crippen LogP contribution is -2.32. The molecular formula is C21H24N2O3. The highest BCUT2D eigenvalue weighted by atomic mass is 16.5. The van der Waals surface area contributed by atoms with Crippen molar-refractivity contribution in [1.29, 1.82) is 0 Å². The van der Waals surface area contributed by atoms with Crippen molar-refractivity contribution < 1.29 is 14.3 Å². The molecule has 0 spiro atoms. The molecule has 26 heavy (non-hydrogen) atoms. The first-order valence-corrected chi connectivity index (χ1v) is 8.96. The van der Waals surface area contributed by atoms with Crippen LogP contribution in [0.25, 0.3) is 0 Å². The van der Waals surface area contributed by atoms with Gasteiger partial charge in [-0.25, -0.2) is 0 Å². The van der Waals surface area contributed by atoms with Crippen molar-refractivity contribution in [3.63, 3.8) is 0 Å². The Bertz CT molecular complexity index is 765. The van der Waals surface area contributed by atoms with Crippen LogP contribution in [-0.2, 0) is 16.0 Å². The summed E-state index contributed by atoms with van der Waals surface area (Å²) in [6.45, 7) is 3.26. The third kappa shape index (κ3) is 4.92. The largest absolute Gasteiger partial charge is 0.376 e. The first kappa shape index (κ1) is 18.1. The molecule has 1 heterocycles. The number of anilines is 1. The lowest BCUT2D eigenvalue weighted by Gasteiger charge is -2.14. The van der Waals surface area contributed by atoms with Crippen LogP contribution < -0.4 is 10.6 Å². The molecule has 1 fully saturated rings. The monoisotopic (exact) mass is 352 g/mol. The van der Waals surface area contributed by atoms with E-state index >= 15 is 0 Å². The summed E-state index contributed by atoms with van der Waals surface area (Å²) in [6, 6.07) is 14.9. The summed E-state index contributed by atoms with van der Waals surface area (Å²) in [7, 11) is 0. The molecule has 0 saturated carbocycles. The van der Waals surface area contributed by atoms with Crippen LogP contribution in [0.15, 0.2) is 48.5 Å². The number of hydrogen-bond donors (Lipinski definition) is 2. The molecule has 0 bridgehead atoms. The number of amides is 2. The highest BCUT2D eigenvalue weighted by molar-refractivity contribution is 6.04. The fraction of sp³-hybridized carbons (Fsp3) is 0.333. The first-order chi connectivity index (χ1) is 12.6. The van der Waals surface area contributed by atoms with E-state index in [0.717, 1.165) is 30.6 Å². The maximum absolute atomic E-state index is 12.5. The SMILES string of the molecule is Cc1ccc(CC(=O)Nc2ccccc2C(=O)NC[C@@H]2CCCO2)cc1. The second-order valence-corrected chi connectivity index (χ2v) is 6.60. The average molecular weight is 352 g/mol. The van der Waals surface area contributed by atoms with Gasteiger partial charge in [-0.2, -0.15) is 0 Å². The Morgan fingerprint density at radius 1 is 1.12 bits per heavy atom. The molecule has 0 aliphatic carbocycles. The summed E-state index contributed by atoms with van der Waals surface area (Å²) >= 11 is 0. The molecule has 0 unspecified atom stereocenters. The van der Waals surface area contributed by atoms with E-state index in [-0.39, 0.29) is 24.3 Å². The molecule has 1 saturated heterocycles. The smallest absolute Gasteiger partial charge is 0.253 e. The summed E-state index contributed by atoms with van der Waals surface area (Å²) in [6.07, 6.45) is 2.36. The molecule has 1 aliphatic rings. The third-order valence-corrected chi connectivity index (χ3v) is 4.45. The van der Waals surface area contributed by atoms with Crippen LogP contribution >= 0.6 is 0 Å². The van der Waals surface area contributed by atoms with Gasteiger partial charge in [-0.05, 0) is 37.5 Å². The number of hydrogen-bond acceptors (Lipinski definition) is 3.